The van der Waals surface area contributed by atoms with E-state index in [2.05, 4.69) is 25.8 Å². The van der Waals surface area contributed by atoms with E-state index in [0.29, 0.717) is 16.9 Å². The summed E-state index contributed by atoms with van der Waals surface area (Å²) in [6, 6.07) is 5.38. The Morgan fingerprint density at radius 1 is 1.38 bits per heavy atom. The van der Waals surface area contributed by atoms with Gasteiger partial charge in [-0.05, 0) is 31.5 Å². The topological polar surface area (TPSA) is 88.5 Å². The average molecular weight is 284 g/mol. The molecule has 1 amide bonds. The summed E-state index contributed by atoms with van der Waals surface area (Å²) in [6.45, 7) is 4.75. The third-order valence-electron chi connectivity index (χ3n) is 3.41. The molecule has 0 aliphatic carbocycles. The second-order valence-corrected chi connectivity index (χ2v) is 4.69. The first-order chi connectivity index (χ1) is 10.2. The Morgan fingerprint density at radius 2 is 2.24 bits per heavy atom. The van der Waals surface area contributed by atoms with Gasteiger partial charge in [-0.1, -0.05) is 12.1 Å². The third-order valence-corrected chi connectivity index (χ3v) is 3.41. The molecule has 0 bridgehead atoms. The van der Waals surface area contributed by atoms with Crippen molar-refractivity contribution in [2.75, 3.05) is 5.32 Å². The fourth-order valence-corrected chi connectivity index (χ4v) is 2.22. The molecular formula is C14H16N6O. The summed E-state index contributed by atoms with van der Waals surface area (Å²) < 4.78 is 1.79. The normalized spacial score (nSPS) is 11.0. The largest absolute Gasteiger partial charge is 0.307 e. The molecule has 1 aromatic carbocycles. The minimum Gasteiger partial charge on any atom is -0.307 e. The molecule has 0 radical (unpaired) electrons. The van der Waals surface area contributed by atoms with E-state index in [9.17, 15) is 4.79 Å². The van der Waals surface area contributed by atoms with Crippen LogP contribution < -0.4 is 5.32 Å². The summed E-state index contributed by atoms with van der Waals surface area (Å²) in [7, 11) is 0. The van der Waals surface area contributed by atoms with E-state index in [1.54, 1.807) is 23.0 Å². The molecule has 0 saturated carbocycles. The lowest BCUT2D eigenvalue weighted by Crippen LogP contribution is -2.13. The van der Waals surface area contributed by atoms with Crippen LogP contribution in [0.3, 0.4) is 0 Å². The smallest absolute Gasteiger partial charge is 0.256 e. The standard InChI is InChI=1S/C14H16N6O/c1-3-9-8-15-18-13(9)16-14(21)10-5-6-12-11(7-10)17-19-20(12)4-2/h5-8H,3-4H2,1-2H3,(H2,15,16,18,21). The van der Waals surface area contributed by atoms with Crippen molar-refractivity contribution in [3.63, 3.8) is 0 Å². The number of anilines is 1. The third kappa shape index (κ3) is 2.37. The number of carbonyl (C=O) groups excluding carboxylic acids is 1. The molecule has 108 valence electrons. The van der Waals surface area contributed by atoms with E-state index < -0.39 is 0 Å². The second-order valence-electron chi connectivity index (χ2n) is 4.69. The lowest BCUT2D eigenvalue weighted by molar-refractivity contribution is 0.102. The van der Waals surface area contributed by atoms with Crippen LogP contribution in [0.25, 0.3) is 11.0 Å². The first-order valence-electron chi connectivity index (χ1n) is 6.89. The zero-order chi connectivity index (χ0) is 14.8. The van der Waals surface area contributed by atoms with Gasteiger partial charge in [0.25, 0.3) is 5.91 Å². The lowest BCUT2D eigenvalue weighted by atomic mass is 10.2. The minimum absolute atomic E-state index is 0.193. The molecule has 0 aliphatic rings. The molecule has 2 aromatic heterocycles. The molecule has 0 atom stereocenters. The van der Waals surface area contributed by atoms with E-state index in [-0.39, 0.29) is 5.91 Å². The molecule has 7 nitrogen and oxygen atoms in total. The van der Waals surface area contributed by atoms with Crippen LogP contribution in [0.4, 0.5) is 5.82 Å². The van der Waals surface area contributed by atoms with Crippen LogP contribution in [-0.2, 0) is 13.0 Å². The summed E-state index contributed by atoms with van der Waals surface area (Å²) in [5.74, 6) is 0.446. The molecule has 0 fully saturated rings. The van der Waals surface area contributed by atoms with Crippen molar-refractivity contribution in [2.24, 2.45) is 0 Å². The van der Waals surface area contributed by atoms with Crippen LogP contribution in [0.15, 0.2) is 24.4 Å². The number of fused-ring (bicyclic) bond motifs is 1. The van der Waals surface area contributed by atoms with E-state index in [1.165, 1.54) is 0 Å². The summed E-state index contributed by atoms with van der Waals surface area (Å²) in [5, 5.41) is 17.7. The molecule has 0 spiro atoms. The lowest BCUT2D eigenvalue weighted by Gasteiger charge is -2.05. The zero-order valence-electron chi connectivity index (χ0n) is 11.9. The number of rotatable bonds is 4. The zero-order valence-corrected chi connectivity index (χ0v) is 11.9. The van der Waals surface area contributed by atoms with Gasteiger partial charge in [-0.15, -0.1) is 5.10 Å². The second kappa shape index (κ2) is 5.35. The van der Waals surface area contributed by atoms with Gasteiger partial charge in [0.15, 0.2) is 0 Å². The van der Waals surface area contributed by atoms with Crippen molar-refractivity contribution in [1.29, 1.82) is 0 Å². The van der Waals surface area contributed by atoms with Crippen molar-refractivity contribution in [1.82, 2.24) is 25.2 Å². The number of carbonyl (C=O) groups is 1. The summed E-state index contributed by atoms with van der Waals surface area (Å²) in [4.78, 5) is 12.3. The van der Waals surface area contributed by atoms with E-state index in [4.69, 9.17) is 0 Å². The van der Waals surface area contributed by atoms with Gasteiger partial charge in [-0.3, -0.25) is 9.89 Å². The molecule has 0 aliphatic heterocycles. The number of nitrogens with zero attached hydrogens (tertiary/aromatic N) is 4. The van der Waals surface area contributed by atoms with Gasteiger partial charge in [0.05, 0.1) is 11.7 Å². The number of aryl methyl sites for hydroxylation is 2. The first kappa shape index (κ1) is 13.3. The van der Waals surface area contributed by atoms with Crippen molar-refractivity contribution >= 4 is 22.8 Å². The van der Waals surface area contributed by atoms with E-state index in [0.717, 1.165) is 24.0 Å². The first-order valence-corrected chi connectivity index (χ1v) is 6.89. The minimum atomic E-state index is -0.193. The Labute approximate surface area is 121 Å². The van der Waals surface area contributed by atoms with Crippen LogP contribution in [0.2, 0.25) is 0 Å². The molecule has 7 heteroatoms. The Kier molecular flexibility index (Phi) is 3.39. The highest BCUT2D eigenvalue weighted by molar-refractivity contribution is 6.05. The average Bonchev–Trinajstić information content (AvgIpc) is 3.12. The van der Waals surface area contributed by atoms with Gasteiger partial charge in [0.1, 0.15) is 11.3 Å². The number of benzene rings is 1. The highest BCUT2D eigenvalue weighted by Crippen LogP contribution is 2.16. The molecule has 0 saturated heterocycles. The fraction of sp³-hybridized carbons (Fsp3) is 0.286. The molecule has 3 aromatic rings. The van der Waals surface area contributed by atoms with Crippen molar-refractivity contribution in [2.45, 2.75) is 26.8 Å². The summed E-state index contributed by atoms with van der Waals surface area (Å²) in [6.07, 6.45) is 2.52. The predicted octanol–water partition coefficient (Wildman–Crippen LogP) is 1.99. The number of H-pyrrole nitrogens is 1. The fourth-order valence-electron chi connectivity index (χ4n) is 2.22. The monoisotopic (exact) mass is 284 g/mol. The van der Waals surface area contributed by atoms with E-state index in [1.807, 2.05) is 19.9 Å². The molecule has 2 heterocycles. The van der Waals surface area contributed by atoms with Crippen molar-refractivity contribution in [3.05, 3.63) is 35.5 Å². The van der Waals surface area contributed by atoms with E-state index >= 15 is 0 Å². The SMILES string of the molecule is CCc1cn[nH]c1NC(=O)c1ccc2c(c1)nnn2CC. The van der Waals surface area contributed by atoms with Gasteiger partial charge >= 0.3 is 0 Å². The number of aromatic nitrogens is 5. The molecule has 0 unspecified atom stereocenters. The predicted molar refractivity (Wildman–Crippen MR) is 79.1 cm³/mol. The number of nitrogens with one attached hydrogen (secondary N) is 2. The van der Waals surface area contributed by atoms with Gasteiger partial charge in [-0.2, -0.15) is 5.10 Å². The van der Waals surface area contributed by atoms with Crippen LogP contribution in [0.5, 0.6) is 0 Å². The molecule has 2 N–H and O–H groups in total. The number of hydrogen-bond donors (Lipinski definition) is 2. The maximum absolute atomic E-state index is 12.3. The highest BCUT2D eigenvalue weighted by atomic mass is 16.1. The molecular weight excluding hydrogens is 268 g/mol. The van der Waals surface area contributed by atoms with Crippen LogP contribution >= 0.6 is 0 Å². The summed E-state index contributed by atoms with van der Waals surface area (Å²) >= 11 is 0. The summed E-state index contributed by atoms with van der Waals surface area (Å²) in [5.41, 5.74) is 3.15. The van der Waals surface area contributed by atoms with Crippen molar-refractivity contribution < 1.29 is 4.79 Å². The number of aromatic amines is 1. The quantitative estimate of drug-likeness (QED) is 0.766. The van der Waals surface area contributed by atoms with Gasteiger partial charge in [0, 0.05) is 17.7 Å². The van der Waals surface area contributed by atoms with Gasteiger partial charge < -0.3 is 5.32 Å². The molecule has 3 rings (SSSR count). The van der Waals surface area contributed by atoms with Crippen LogP contribution in [0.1, 0.15) is 29.8 Å². The molecule has 21 heavy (non-hydrogen) atoms. The Balaban J connectivity index is 1.88. The highest BCUT2D eigenvalue weighted by Gasteiger charge is 2.12. The Morgan fingerprint density at radius 3 is 3.00 bits per heavy atom. The Hall–Kier alpha value is -2.70. The maximum Gasteiger partial charge on any atom is 0.256 e. The van der Waals surface area contributed by atoms with Crippen LogP contribution in [0, 0.1) is 0 Å². The van der Waals surface area contributed by atoms with Crippen molar-refractivity contribution in [3.8, 4) is 0 Å². The number of amides is 1. The van der Waals surface area contributed by atoms with Gasteiger partial charge in [0.2, 0.25) is 0 Å². The van der Waals surface area contributed by atoms with Crippen LogP contribution in [-0.4, -0.2) is 31.1 Å². The van der Waals surface area contributed by atoms with Gasteiger partial charge in [-0.25, -0.2) is 4.68 Å². The maximum atomic E-state index is 12.3. The number of hydrogen-bond acceptors (Lipinski definition) is 4. The Bertz CT molecular complexity index is 788.